The molecule has 4 aromatic rings. The highest BCUT2D eigenvalue weighted by molar-refractivity contribution is 7.48. The molecule has 2 saturated carbocycles. The van der Waals surface area contributed by atoms with Crippen LogP contribution >= 0.6 is 7.82 Å². The number of aryl methyl sites for hydroxylation is 1. The van der Waals surface area contributed by atoms with Crippen LogP contribution in [0.1, 0.15) is 84.0 Å². The van der Waals surface area contributed by atoms with Gasteiger partial charge in [0.1, 0.15) is 23.7 Å². The second-order valence-corrected chi connectivity index (χ2v) is 18.6. The molecule has 3 aliphatic rings. The number of ether oxygens (including phenoxy) is 4. The maximum atomic E-state index is 14.1. The van der Waals surface area contributed by atoms with Gasteiger partial charge in [-0.1, -0.05) is 73.7 Å². The molecule has 0 spiro atoms. The van der Waals surface area contributed by atoms with Crippen LogP contribution in [0, 0.1) is 17.3 Å². The number of phosphoric ester groups is 1. The van der Waals surface area contributed by atoms with Crippen LogP contribution in [0.4, 0.5) is 5.69 Å². The van der Waals surface area contributed by atoms with E-state index in [0.29, 0.717) is 36.7 Å². The monoisotopic (exact) mass is 913 g/mol. The molecule has 348 valence electrons. The average molecular weight is 914 g/mol. The van der Waals surface area contributed by atoms with Gasteiger partial charge in [-0.05, 0) is 108 Å². The summed E-state index contributed by atoms with van der Waals surface area (Å²) >= 11 is 0. The summed E-state index contributed by atoms with van der Waals surface area (Å²) in [6.07, 6.45) is 6.48. The summed E-state index contributed by atoms with van der Waals surface area (Å²) in [7, 11) is -2.66. The van der Waals surface area contributed by atoms with Crippen LogP contribution in [0.15, 0.2) is 91.0 Å². The molecule has 0 bridgehead atoms. The Morgan fingerprint density at radius 3 is 2.23 bits per heavy atom. The van der Waals surface area contributed by atoms with E-state index in [-0.39, 0.29) is 80.5 Å². The summed E-state index contributed by atoms with van der Waals surface area (Å²) < 4.78 is 54.4. The van der Waals surface area contributed by atoms with Crippen molar-refractivity contribution in [3.05, 3.63) is 119 Å². The molecule has 65 heavy (non-hydrogen) atoms. The van der Waals surface area contributed by atoms with Gasteiger partial charge in [0.2, 0.25) is 11.8 Å². The molecule has 5 atom stereocenters. The van der Waals surface area contributed by atoms with E-state index in [1.165, 1.54) is 30.4 Å². The van der Waals surface area contributed by atoms with Crippen LogP contribution in [-0.2, 0) is 57.0 Å². The number of primary amides is 1. The number of hydrogen-bond donors (Lipinski definition) is 4. The van der Waals surface area contributed by atoms with Crippen molar-refractivity contribution in [3.63, 3.8) is 0 Å². The number of phenols is 1. The number of carbonyl (C=O) groups is 3. The molecule has 4 aromatic carbocycles. The second-order valence-electron chi connectivity index (χ2n) is 17.0. The quantitative estimate of drug-likeness (QED) is 0.0320. The van der Waals surface area contributed by atoms with Gasteiger partial charge in [0.05, 0.1) is 58.5 Å². The van der Waals surface area contributed by atoms with Crippen molar-refractivity contribution in [1.82, 2.24) is 5.32 Å². The zero-order valence-electron chi connectivity index (χ0n) is 37.0. The first kappa shape index (κ1) is 47.7. The Bertz CT molecular complexity index is 2250. The first-order valence-electron chi connectivity index (χ1n) is 22.3. The second kappa shape index (κ2) is 22.3. The Morgan fingerprint density at radius 2 is 1.54 bits per heavy atom. The number of phosphoric acid groups is 1. The van der Waals surface area contributed by atoms with Gasteiger partial charge < -0.3 is 44.9 Å². The first-order valence-corrected chi connectivity index (χ1v) is 23.7. The van der Waals surface area contributed by atoms with Gasteiger partial charge in [0.25, 0.3) is 5.91 Å². The number of fused-ring (bicyclic) bond motifs is 5. The third-order valence-corrected chi connectivity index (χ3v) is 14.3. The van der Waals surface area contributed by atoms with Gasteiger partial charge in [0, 0.05) is 13.0 Å². The van der Waals surface area contributed by atoms with E-state index in [4.69, 9.17) is 38.3 Å². The van der Waals surface area contributed by atoms with Crippen LogP contribution in [0.25, 0.3) is 0 Å². The molecular formula is C49H60N3O12P. The fraction of sp³-hybridized carbons (Fsp3) is 0.449. The fourth-order valence-corrected chi connectivity index (χ4v) is 11.0. The fourth-order valence-electron chi connectivity index (χ4n) is 9.81. The van der Waals surface area contributed by atoms with E-state index in [2.05, 4.69) is 23.6 Å². The Balaban J connectivity index is 0.808. The normalized spacial score (nSPS) is 21.1. The summed E-state index contributed by atoms with van der Waals surface area (Å²) in [5, 5.41) is 15.7. The standard InChI is InChI=1S/C49H60N3O12P/c1-49-23-21-38-37-16-14-36(64-65(57,62-30-33-9-5-3-6-10-33)63-31-34-11-7-4-8-12-34)29-35(37)13-15-39(38)40(49)17-20-43(49)61-25-22-44(53)51-24-26-59-27-28-60-32-45(54)52-41-18-19-42(58-2)46(47(41)55)48(50)56/h3-12,14,16,18-19,29,38-40,43,55H,13,15,17,20-28,30-32H2,1-2H3,(H2,50,56)(H,51,53)(H,52,54). The Labute approximate surface area is 380 Å². The summed E-state index contributed by atoms with van der Waals surface area (Å²) in [4.78, 5) is 36.6. The van der Waals surface area contributed by atoms with Crippen LogP contribution in [-0.4, -0.2) is 75.6 Å². The molecule has 0 aliphatic heterocycles. The van der Waals surface area contributed by atoms with Gasteiger partial charge >= 0.3 is 7.82 Å². The highest BCUT2D eigenvalue weighted by Crippen LogP contribution is 2.62. The molecule has 0 saturated heterocycles. The lowest BCUT2D eigenvalue weighted by Crippen LogP contribution is -2.45. The van der Waals surface area contributed by atoms with E-state index >= 15 is 0 Å². The molecule has 5 N–H and O–H groups in total. The summed E-state index contributed by atoms with van der Waals surface area (Å²) in [5.74, 6) is -0.00407. The number of nitrogens with two attached hydrogens (primary N) is 1. The van der Waals surface area contributed by atoms with Crippen molar-refractivity contribution in [2.75, 3.05) is 52.0 Å². The third-order valence-electron chi connectivity index (χ3n) is 13.0. The molecular weight excluding hydrogens is 854 g/mol. The molecule has 3 amide bonds. The highest BCUT2D eigenvalue weighted by atomic mass is 31.2. The van der Waals surface area contributed by atoms with E-state index in [1.807, 2.05) is 72.8 Å². The number of anilines is 1. The number of carbonyl (C=O) groups excluding carboxylic acids is 3. The van der Waals surface area contributed by atoms with Gasteiger partial charge in [0.15, 0.2) is 5.75 Å². The Kier molecular flexibility index (Phi) is 16.3. The Morgan fingerprint density at radius 1 is 0.831 bits per heavy atom. The van der Waals surface area contributed by atoms with Crippen LogP contribution in [0.5, 0.6) is 17.2 Å². The number of nitrogens with one attached hydrogen (secondary N) is 2. The SMILES string of the molecule is COc1ccc(NC(=O)COCCOCCNC(=O)CCOC2CCC3C4CCc5cc(OP(=O)(OCc6ccccc6)OCc6ccccc6)ccc5C4CCC23C)c(O)c1C(N)=O. The van der Waals surface area contributed by atoms with Gasteiger partial charge in [-0.25, -0.2) is 4.57 Å². The predicted octanol–water partition coefficient (Wildman–Crippen LogP) is 7.84. The van der Waals surface area contributed by atoms with Crippen molar-refractivity contribution in [2.24, 2.45) is 23.0 Å². The molecule has 5 unspecified atom stereocenters. The molecule has 3 aliphatic carbocycles. The number of hydrogen-bond acceptors (Lipinski definition) is 12. The third kappa shape index (κ3) is 12.1. The number of aromatic hydroxyl groups is 1. The highest BCUT2D eigenvalue weighted by Gasteiger charge is 2.55. The van der Waals surface area contributed by atoms with Crippen molar-refractivity contribution in [3.8, 4) is 17.2 Å². The van der Waals surface area contributed by atoms with E-state index in [9.17, 15) is 24.1 Å². The van der Waals surface area contributed by atoms with Crippen molar-refractivity contribution in [1.29, 1.82) is 0 Å². The summed E-state index contributed by atoms with van der Waals surface area (Å²) in [6.45, 7) is 3.52. The number of methoxy groups -OCH3 is 1. The number of rotatable bonds is 23. The summed E-state index contributed by atoms with van der Waals surface area (Å²) in [6, 6.07) is 28.0. The van der Waals surface area contributed by atoms with Gasteiger partial charge in [-0.3, -0.25) is 23.4 Å². The predicted molar refractivity (Wildman–Crippen MR) is 243 cm³/mol. The molecule has 7 rings (SSSR count). The van der Waals surface area contributed by atoms with Crippen molar-refractivity contribution < 1.29 is 56.6 Å². The lowest BCUT2D eigenvalue weighted by molar-refractivity contribution is -0.124. The lowest BCUT2D eigenvalue weighted by Gasteiger charge is -2.50. The van der Waals surface area contributed by atoms with E-state index < -0.39 is 25.4 Å². The van der Waals surface area contributed by atoms with Gasteiger partial charge in [-0.2, -0.15) is 0 Å². The number of amides is 3. The molecule has 2 fully saturated rings. The topological polar surface area (TPSA) is 203 Å². The first-order chi connectivity index (χ1) is 31.5. The zero-order valence-corrected chi connectivity index (χ0v) is 37.9. The largest absolute Gasteiger partial charge is 0.530 e. The summed E-state index contributed by atoms with van der Waals surface area (Å²) in [5.41, 5.74) is 9.42. The van der Waals surface area contributed by atoms with Gasteiger partial charge in [-0.15, -0.1) is 0 Å². The van der Waals surface area contributed by atoms with Crippen LogP contribution < -0.4 is 25.6 Å². The lowest BCUT2D eigenvalue weighted by atomic mass is 9.55. The molecule has 0 heterocycles. The van der Waals surface area contributed by atoms with Crippen LogP contribution in [0.3, 0.4) is 0 Å². The minimum absolute atomic E-state index is 0.00236. The maximum absolute atomic E-state index is 14.1. The molecule has 0 aromatic heterocycles. The number of benzene rings is 4. The minimum Gasteiger partial charge on any atom is -0.505 e. The van der Waals surface area contributed by atoms with E-state index in [0.717, 1.165) is 49.7 Å². The smallest absolute Gasteiger partial charge is 0.505 e. The minimum atomic E-state index is -3.99. The van der Waals surface area contributed by atoms with Crippen LogP contribution in [0.2, 0.25) is 0 Å². The Hall–Kier alpha value is -5.28. The van der Waals surface area contributed by atoms with Crippen molar-refractivity contribution in [2.45, 2.75) is 77.1 Å². The molecule has 15 nitrogen and oxygen atoms in total. The zero-order chi connectivity index (χ0) is 45.8. The van der Waals surface area contributed by atoms with E-state index in [1.54, 1.807) is 0 Å². The maximum Gasteiger partial charge on any atom is 0.530 e. The average Bonchev–Trinajstić information content (AvgIpc) is 3.65. The molecule has 16 heteroatoms. The van der Waals surface area contributed by atoms with Crippen molar-refractivity contribution >= 4 is 31.2 Å². The molecule has 0 radical (unpaired) electrons.